The Labute approximate surface area is 201 Å². The number of halogens is 1. The van der Waals surface area contributed by atoms with Crippen molar-refractivity contribution in [3.05, 3.63) is 70.7 Å². The third-order valence-electron chi connectivity index (χ3n) is 4.67. The second-order valence-electron chi connectivity index (χ2n) is 7.68. The molecule has 2 aromatic carbocycles. The molecule has 2 N–H and O–H groups in total. The van der Waals surface area contributed by atoms with Gasteiger partial charge in [-0.2, -0.15) is 0 Å². The molecule has 0 saturated carbocycles. The van der Waals surface area contributed by atoms with Crippen molar-refractivity contribution in [2.45, 2.75) is 65.5 Å². The summed E-state index contributed by atoms with van der Waals surface area (Å²) in [5, 5.41) is 5.95. The molecule has 178 valence electrons. The number of carbonyl (C=O) groups is 4. The van der Waals surface area contributed by atoms with Gasteiger partial charge in [-0.3, -0.25) is 19.2 Å². The number of hydrogen-bond acceptors (Lipinski definition) is 4. The normalized spacial score (nSPS) is 11.9. The molecule has 2 amide bonds. The molecule has 2 rings (SSSR count). The number of Topliss-reactive ketones (excluding diaryl/α,β-unsaturated/α-hetero) is 2. The molecule has 0 bridgehead atoms. The van der Waals surface area contributed by atoms with Crippen LogP contribution >= 0.6 is 11.6 Å². The second kappa shape index (κ2) is 15.0. The fraction of sp³-hybridized carbons (Fsp3) is 0.385. The maximum atomic E-state index is 12.1. The first-order valence-corrected chi connectivity index (χ1v) is 11.5. The van der Waals surface area contributed by atoms with Gasteiger partial charge in [-0.05, 0) is 43.0 Å². The van der Waals surface area contributed by atoms with Crippen molar-refractivity contribution in [1.29, 1.82) is 0 Å². The second-order valence-corrected chi connectivity index (χ2v) is 8.11. The van der Waals surface area contributed by atoms with Crippen LogP contribution in [0, 0.1) is 0 Å². The highest BCUT2D eigenvalue weighted by Gasteiger charge is 2.21. The van der Waals surface area contributed by atoms with Crippen LogP contribution in [0.1, 0.15) is 76.6 Å². The van der Waals surface area contributed by atoms with Gasteiger partial charge in [-0.1, -0.05) is 67.9 Å². The van der Waals surface area contributed by atoms with Crippen LogP contribution in [0.5, 0.6) is 0 Å². The third-order valence-corrected chi connectivity index (χ3v) is 4.90. The summed E-state index contributed by atoms with van der Waals surface area (Å²) in [6.07, 6.45) is 2.54. The van der Waals surface area contributed by atoms with Crippen LogP contribution in [0.2, 0.25) is 5.02 Å². The van der Waals surface area contributed by atoms with Crippen molar-refractivity contribution in [3.8, 4) is 0 Å². The van der Waals surface area contributed by atoms with Gasteiger partial charge in [0.25, 0.3) is 0 Å². The zero-order valence-corrected chi connectivity index (χ0v) is 20.4. The number of ketones is 2. The molecule has 0 fully saturated rings. The summed E-state index contributed by atoms with van der Waals surface area (Å²) in [4.78, 5) is 46.0. The molecule has 2 unspecified atom stereocenters. The highest BCUT2D eigenvalue weighted by atomic mass is 35.5. The van der Waals surface area contributed by atoms with Crippen molar-refractivity contribution in [2.24, 2.45) is 0 Å². The lowest BCUT2D eigenvalue weighted by atomic mass is 9.99. The highest BCUT2D eigenvalue weighted by molar-refractivity contribution is 6.30. The summed E-state index contributed by atoms with van der Waals surface area (Å²) in [6.45, 7) is 6.72. The van der Waals surface area contributed by atoms with Gasteiger partial charge in [0.05, 0.1) is 0 Å². The Morgan fingerprint density at radius 3 is 1.91 bits per heavy atom. The molecule has 0 saturated heterocycles. The minimum atomic E-state index is -0.610. The highest BCUT2D eigenvalue weighted by Crippen LogP contribution is 2.19. The minimum absolute atomic E-state index is 0.0594. The first-order chi connectivity index (χ1) is 15.7. The Kier molecular flexibility index (Phi) is 12.7. The quantitative estimate of drug-likeness (QED) is 0.502. The zero-order valence-electron chi connectivity index (χ0n) is 19.7. The lowest BCUT2D eigenvalue weighted by Gasteiger charge is -2.17. The predicted octanol–water partition coefficient (Wildman–Crippen LogP) is 5.12. The molecule has 0 heterocycles. The molecular weight excluding hydrogens is 440 g/mol. The van der Waals surface area contributed by atoms with E-state index in [0.29, 0.717) is 23.4 Å². The number of rotatable bonds is 10. The van der Waals surface area contributed by atoms with E-state index >= 15 is 0 Å². The van der Waals surface area contributed by atoms with Crippen LogP contribution in [0.4, 0.5) is 0 Å². The number of carbonyl (C=O) groups excluding carboxylic acids is 4. The zero-order chi connectivity index (χ0) is 24.8. The first-order valence-electron chi connectivity index (χ1n) is 11.1. The molecule has 2 aromatic rings. The van der Waals surface area contributed by atoms with Crippen LogP contribution in [-0.2, 0) is 19.2 Å². The third kappa shape index (κ3) is 10.4. The maximum absolute atomic E-state index is 12.1. The van der Waals surface area contributed by atoms with E-state index in [1.807, 2.05) is 44.2 Å². The van der Waals surface area contributed by atoms with E-state index in [1.165, 1.54) is 13.8 Å². The van der Waals surface area contributed by atoms with Crippen molar-refractivity contribution >= 4 is 35.0 Å². The van der Waals surface area contributed by atoms with E-state index < -0.39 is 12.1 Å². The molecular formula is C26H33ClN2O4. The monoisotopic (exact) mass is 472 g/mol. The Balaban J connectivity index is 0.000000335. The predicted molar refractivity (Wildman–Crippen MR) is 131 cm³/mol. The van der Waals surface area contributed by atoms with Crippen LogP contribution in [0.3, 0.4) is 0 Å². The molecule has 7 heteroatoms. The fourth-order valence-corrected chi connectivity index (χ4v) is 3.35. The summed E-state index contributed by atoms with van der Waals surface area (Å²) in [5.74, 6) is -0.341. The van der Waals surface area contributed by atoms with Crippen LogP contribution < -0.4 is 10.6 Å². The summed E-state index contributed by atoms with van der Waals surface area (Å²) in [5.41, 5.74) is 1.56. The first kappa shape index (κ1) is 28.0. The Morgan fingerprint density at radius 2 is 1.39 bits per heavy atom. The minimum Gasteiger partial charge on any atom is -0.342 e. The molecule has 0 aromatic heterocycles. The molecule has 0 aliphatic carbocycles. The standard InChI is InChI=1S/C15H21NO2.C11H12ClNO2/c1-3-8-13(17)15(16-14(18)9-4-2)12-10-6-5-7-11-12;1-7(14)11(13-8(2)15)9-4-3-5-10(12)6-9/h5-7,10-11,15H,3-4,8-9H2,1-2H3,(H,16,18);3-6,11H,1-2H3,(H,13,15). The summed E-state index contributed by atoms with van der Waals surface area (Å²) in [7, 11) is 0. The topological polar surface area (TPSA) is 92.3 Å². The Hall–Kier alpha value is -2.99. The summed E-state index contributed by atoms with van der Waals surface area (Å²) in [6, 6.07) is 15.2. The van der Waals surface area contributed by atoms with Crippen molar-refractivity contribution < 1.29 is 19.2 Å². The molecule has 0 spiro atoms. The smallest absolute Gasteiger partial charge is 0.220 e. The average Bonchev–Trinajstić information content (AvgIpc) is 2.77. The van der Waals surface area contributed by atoms with Crippen molar-refractivity contribution in [1.82, 2.24) is 10.6 Å². The largest absolute Gasteiger partial charge is 0.342 e. The van der Waals surface area contributed by atoms with E-state index in [9.17, 15) is 19.2 Å². The number of benzene rings is 2. The molecule has 33 heavy (non-hydrogen) atoms. The van der Waals surface area contributed by atoms with E-state index in [2.05, 4.69) is 10.6 Å². The van der Waals surface area contributed by atoms with Gasteiger partial charge in [0.1, 0.15) is 12.1 Å². The SMILES string of the molecule is CC(=O)NC(C(C)=O)c1cccc(Cl)c1.CCCC(=O)NC(C(=O)CCC)c1ccccc1. The lowest BCUT2D eigenvalue weighted by Crippen LogP contribution is -2.33. The van der Waals surface area contributed by atoms with Crippen molar-refractivity contribution in [2.75, 3.05) is 0 Å². The summed E-state index contributed by atoms with van der Waals surface area (Å²) >= 11 is 5.81. The molecule has 2 atom stereocenters. The van der Waals surface area contributed by atoms with E-state index in [4.69, 9.17) is 11.6 Å². The van der Waals surface area contributed by atoms with Gasteiger partial charge in [-0.25, -0.2) is 0 Å². The lowest BCUT2D eigenvalue weighted by molar-refractivity contribution is -0.128. The van der Waals surface area contributed by atoms with Gasteiger partial charge in [0, 0.05) is 24.8 Å². The number of hydrogen-bond donors (Lipinski definition) is 2. The van der Waals surface area contributed by atoms with Gasteiger partial charge in [-0.15, -0.1) is 0 Å². The Bertz CT molecular complexity index is 931. The van der Waals surface area contributed by atoms with Gasteiger partial charge in [0.2, 0.25) is 11.8 Å². The average molecular weight is 473 g/mol. The van der Waals surface area contributed by atoms with Crippen LogP contribution in [-0.4, -0.2) is 23.4 Å². The van der Waals surface area contributed by atoms with E-state index in [0.717, 1.165) is 18.4 Å². The van der Waals surface area contributed by atoms with Crippen LogP contribution in [0.25, 0.3) is 0 Å². The summed E-state index contributed by atoms with van der Waals surface area (Å²) < 4.78 is 0. The molecule has 0 aliphatic rings. The fourth-order valence-electron chi connectivity index (χ4n) is 3.16. The van der Waals surface area contributed by atoms with Gasteiger partial charge in [0.15, 0.2) is 11.6 Å². The van der Waals surface area contributed by atoms with Gasteiger partial charge >= 0.3 is 0 Å². The Morgan fingerprint density at radius 1 is 0.788 bits per heavy atom. The number of amides is 2. The number of nitrogens with one attached hydrogen (secondary N) is 2. The molecule has 6 nitrogen and oxygen atoms in total. The van der Waals surface area contributed by atoms with E-state index in [1.54, 1.807) is 24.3 Å². The van der Waals surface area contributed by atoms with Crippen LogP contribution in [0.15, 0.2) is 54.6 Å². The molecule has 0 aliphatic heterocycles. The molecule has 0 radical (unpaired) electrons. The van der Waals surface area contributed by atoms with E-state index in [-0.39, 0.29) is 23.4 Å². The van der Waals surface area contributed by atoms with Crippen molar-refractivity contribution in [3.63, 3.8) is 0 Å². The van der Waals surface area contributed by atoms with Gasteiger partial charge < -0.3 is 10.6 Å². The maximum Gasteiger partial charge on any atom is 0.220 e.